The topological polar surface area (TPSA) is 105 Å². The third-order valence-electron chi connectivity index (χ3n) is 3.24. The Bertz CT molecular complexity index is 479. The third kappa shape index (κ3) is 3.82. The lowest BCUT2D eigenvalue weighted by Gasteiger charge is -2.06. The molecular formula is C13H20N2O4. The molecule has 6 nitrogen and oxygen atoms in total. The Morgan fingerprint density at radius 1 is 1.42 bits per heavy atom. The molecule has 0 aromatic carbocycles. The van der Waals surface area contributed by atoms with Crippen molar-refractivity contribution in [1.82, 2.24) is 4.98 Å². The first-order chi connectivity index (χ1) is 8.86. The van der Waals surface area contributed by atoms with Crippen LogP contribution in [0.3, 0.4) is 0 Å². The highest BCUT2D eigenvalue weighted by atomic mass is 16.5. The maximum atomic E-state index is 11.2. The molecule has 0 aliphatic rings. The second-order valence-electron chi connectivity index (χ2n) is 4.56. The largest absolute Gasteiger partial charge is 0.480 e. The van der Waals surface area contributed by atoms with Crippen molar-refractivity contribution < 1.29 is 19.4 Å². The van der Waals surface area contributed by atoms with Gasteiger partial charge >= 0.3 is 11.9 Å². The first-order valence-electron chi connectivity index (χ1n) is 6.09. The fourth-order valence-electron chi connectivity index (χ4n) is 2.07. The second-order valence-corrected chi connectivity index (χ2v) is 4.56. The summed E-state index contributed by atoms with van der Waals surface area (Å²) in [4.78, 5) is 25.1. The molecule has 1 rings (SSSR count). The van der Waals surface area contributed by atoms with E-state index in [0.29, 0.717) is 12.8 Å². The Balaban J connectivity index is 2.82. The summed E-state index contributed by atoms with van der Waals surface area (Å²) >= 11 is 0. The Kier molecular flexibility index (Phi) is 5.11. The molecule has 0 spiro atoms. The summed E-state index contributed by atoms with van der Waals surface area (Å²) in [6.07, 6.45) is 1.13. The number of carboxylic acid groups (broad SMARTS) is 1. The summed E-state index contributed by atoms with van der Waals surface area (Å²) in [5, 5.41) is 8.82. The fraction of sp³-hybridized carbons (Fsp3) is 0.538. The molecular weight excluding hydrogens is 248 g/mol. The number of aliphatic carboxylic acids is 1. The number of carbonyl (C=O) groups excluding carboxylic acids is 1. The first-order valence-corrected chi connectivity index (χ1v) is 6.09. The van der Waals surface area contributed by atoms with E-state index in [4.69, 9.17) is 10.8 Å². The van der Waals surface area contributed by atoms with Gasteiger partial charge in [-0.1, -0.05) is 0 Å². The van der Waals surface area contributed by atoms with E-state index in [1.54, 1.807) is 0 Å². The van der Waals surface area contributed by atoms with Crippen LogP contribution >= 0.6 is 0 Å². The number of hydrogen-bond acceptors (Lipinski definition) is 4. The Labute approximate surface area is 111 Å². The van der Waals surface area contributed by atoms with Crippen LogP contribution in [0.1, 0.15) is 28.9 Å². The minimum absolute atomic E-state index is 0.250. The SMILES string of the molecule is COC(=O)CCc1c(C)[nH]c(CC(N)C(=O)O)c1C. The van der Waals surface area contributed by atoms with Gasteiger partial charge in [0.25, 0.3) is 0 Å². The lowest BCUT2D eigenvalue weighted by Crippen LogP contribution is -2.32. The highest BCUT2D eigenvalue weighted by Gasteiger charge is 2.18. The summed E-state index contributed by atoms with van der Waals surface area (Å²) < 4.78 is 4.61. The van der Waals surface area contributed by atoms with Crippen LogP contribution in [-0.2, 0) is 27.2 Å². The van der Waals surface area contributed by atoms with Crippen LogP contribution in [0.4, 0.5) is 0 Å². The van der Waals surface area contributed by atoms with Crippen LogP contribution < -0.4 is 5.73 Å². The van der Waals surface area contributed by atoms with Crippen LogP contribution in [0.5, 0.6) is 0 Å². The van der Waals surface area contributed by atoms with E-state index in [1.807, 2.05) is 13.8 Å². The standard InChI is InChI=1S/C13H20N2O4/c1-7-9(4-5-12(16)19-3)8(2)15-11(7)6-10(14)13(17)18/h10,15H,4-6,14H2,1-3H3,(H,17,18). The van der Waals surface area contributed by atoms with Crippen molar-refractivity contribution >= 4 is 11.9 Å². The Morgan fingerprint density at radius 2 is 2.05 bits per heavy atom. The molecule has 0 radical (unpaired) electrons. The molecule has 0 bridgehead atoms. The number of hydrogen-bond donors (Lipinski definition) is 3. The molecule has 19 heavy (non-hydrogen) atoms. The van der Waals surface area contributed by atoms with Gasteiger partial charge in [-0.15, -0.1) is 0 Å². The normalized spacial score (nSPS) is 12.2. The number of carboxylic acids is 1. The lowest BCUT2D eigenvalue weighted by atomic mass is 10.0. The highest BCUT2D eigenvalue weighted by molar-refractivity contribution is 5.73. The molecule has 4 N–H and O–H groups in total. The van der Waals surface area contributed by atoms with Crippen molar-refractivity contribution in [3.63, 3.8) is 0 Å². The number of methoxy groups -OCH3 is 1. The van der Waals surface area contributed by atoms with Gasteiger partial charge in [-0.2, -0.15) is 0 Å². The quantitative estimate of drug-likeness (QED) is 0.658. The minimum Gasteiger partial charge on any atom is -0.480 e. The van der Waals surface area contributed by atoms with Crippen molar-refractivity contribution in [2.24, 2.45) is 5.73 Å². The molecule has 0 fully saturated rings. The number of aromatic amines is 1. The van der Waals surface area contributed by atoms with Gasteiger partial charge in [-0.25, -0.2) is 0 Å². The summed E-state index contributed by atoms with van der Waals surface area (Å²) in [6.45, 7) is 3.80. The van der Waals surface area contributed by atoms with Crippen molar-refractivity contribution in [2.75, 3.05) is 7.11 Å². The summed E-state index contributed by atoms with van der Waals surface area (Å²) in [5.41, 5.74) is 9.27. The van der Waals surface area contributed by atoms with E-state index in [-0.39, 0.29) is 12.4 Å². The number of H-pyrrole nitrogens is 1. The average molecular weight is 268 g/mol. The molecule has 1 heterocycles. The lowest BCUT2D eigenvalue weighted by molar-refractivity contribution is -0.140. The molecule has 1 aromatic heterocycles. The number of aromatic nitrogens is 1. The number of aryl methyl sites for hydroxylation is 1. The predicted molar refractivity (Wildman–Crippen MR) is 69.9 cm³/mol. The summed E-state index contributed by atoms with van der Waals surface area (Å²) in [5.74, 6) is -1.29. The van der Waals surface area contributed by atoms with Crippen LogP contribution in [0, 0.1) is 13.8 Å². The van der Waals surface area contributed by atoms with E-state index < -0.39 is 12.0 Å². The van der Waals surface area contributed by atoms with Gasteiger partial charge in [-0.3, -0.25) is 9.59 Å². The van der Waals surface area contributed by atoms with Crippen LogP contribution in [0.2, 0.25) is 0 Å². The number of carbonyl (C=O) groups is 2. The van der Waals surface area contributed by atoms with E-state index in [2.05, 4.69) is 9.72 Å². The minimum atomic E-state index is -1.03. The zero-order valence-corrected chi connectivity index (χ0v) is 11.4. The van der Waals surface area contributed by atoms with Gasteiger partial charge in [0.15, 0.2) is 0 Å². The predicted octanol–water partition coefficient (Wildman–Crippen LogP) is 0.692. The van der Waals surface area contributed by atoms with Gasteiger partial charge in [0.1, 0.15) is 6.04 Å². The molecule has 0 aliphatic carbocycles. The van der Waals surface area contributed by atoms with E-state index in [0.717, 1.165) is 22.5 Å². The van der Waals surface area contributed by atoms with E-state index >= 15 is 0 Å². The number of nitrogens with one attached hydrogen (secondary N) is 1. The molecule has 0 saturated carbocycles. The zero-order valence-electron chi connectivity index (χ0n) is 11.4. The second kappa shape index (κ2) is 6.38. The molecule has 106 valence electrons. The first kappa shape index (κ1) is 15.2. The molecule has 1 atom stereocenters. The molecule has 0 aliphatic heterocycles. The monoisotopic (exact) mass is 268 g/mol. The van der Waals surface area contributed by atoms with Gasteiger partial charge in [-0.05, 0) is 31.4 Å². The zero-order chi connectivity index (χ0) is 14.6. The smallest absolute Gasteiger partial charge is 0.320 e. The molecule has 6 heteroatoms. The van der Waals surface area contributed by atoms with Crippen molar-refractivity contribution in [1.29, 1.82) is 0 Å². The van der Waals surface area contributed by atoms with Gasteiger partial charge in [0.2, 0.25) is 0 Å². The maximum Gasteiger partial charge on any atom is 0.320 e. The Morgan fingerprint density at radius 3 is 2.58 bits per heavy atom. The fourth-order valence-corrected chi connectivity index (χ4v) is 2.07. The number of rotatable bonds is 6. The number of esters is 1. The van der Waals surface area contributed by atoms with E-state index in [9.17, 15) is 9.59 Å². The Hall–Kier alpha value is -1.82. The molecule has 1 unspecified atom stereocenters. The van der Waals surface area contributed by atoms with Crippen molar-refractivity contribution in [3.8, 4) is 0 Å². The van der Waals surface area contributed by atoms with Crippen molar-refractivity contribution in [3.05, 3.63) is 22.5 Å². The highest BCUT2D eigenvalue weighted by Crippen LogP contribution is 2.20. The van der Waals surface area contributed by atoms with Gasteiger partial charge in [0.05, 0.1) is 7.11 Å². The molecule has 0 amide bonds. The summed E-state index contributed by atoms with van der Waals surface area (Å²) in [6, 6.07) is -0.926. The molecule has 1 aromatic rings. The van der Waals surface area contributed by atoms with Crippen LogP contribution in [-0.4, -0.2) is 35.2 Å². The van der Waals surface area contributed by atoms with Gasteiger partial charge in [0, 0.05) is 24.2 Å². The van der Waals surface area contributed by atoms with Gasteiger partial charge < -0.3 is 20.6 Å². The van der Waals surface area contributed by atoms with E-state index in [1.165, 1.54) is 7.11 Å². The maximum absolute atomic E-state index is 11.2. The summed E-state index contributed by atoms with van der Waals surface area (Å²) in [7, 11) is 1.36. The molecule has 0 saturated heterocycles. The van der Waals surface area contributed by atoms with Crippen molar-refractivity contribution in [2.45, 2.75) is 39.2 Å². The number of ether oxygens (including phenoxy) is 1. The van der Waals surface area contributed by atoms with Crippen LogP contribution in [0.15, 0.2) is 0 Å². The van der Waals surface area contributed by atoms with Crippen LogP contribution in [0.25, 0.3) is 0 Å². The third-order valence-corrected chi connectivity index (χ3v) is 3.24. The average Bonchev–Trinajstić information content (AvgIpc) is 2.61. The number of nitrogens with two attached hydrogens (primary N) is 1.